The molecule has 0 aliphatic carbocycles. The first kappa shape index (κ1) is 19.8. The zero-order valence-corrected chi connectivity index (χ0v) is 17.0. The van der Waals surface area contributed by atoms with E-state index in [0.29, 0.717) is 41.9 Å². The second-order valence-electron chi connectivity index (χ2n) is 7.07. The summed E-state index contributed by atoms with van der Waals surface area (Å²) in [6, 6.07) is 18.0. The largest absolute Gasteiger partial charge is 0.339 e. The lowest BCUT2D eigenvalue weighted by molar-refractivity contribution is 0.0775. The molecule has 0 unspecified atom stereocenters. The summed E-state index contributed by atoms with van der Waals surface area (Å²) < 4.78 is 15.4. The van der Waals surface area contributed by atoms with Gasteiger partial charge in [-0.1, -0.05) is 42.5 Å². The summed E-state index contributed by atoms with van der Waals surface area (Å²) in [5.41, 5.74) is 3.60. The van der Waals surface area contributed by atoms with Crippen LogP contribution in [0.5, 0.6) is 0 Å². The molecule has 0 aliphatic rings. The van der Waals surface area contributed by atoms with Crippen LogP contribution in [0.2, 0.25) is 0 Å². The standard InChI is InChI=1S/C24H23FN4O/c1-3-28(4-2)24(30)20-14-22(18-10-6-5-7-11-18)27-23-21(20)15-26-29(23)16-17-9-8-12-19(25)13-17/h5-15H,3-4,16H2,1-2H3. The van der Waals surface area contributed by atoms with Crippen molar-refractivity contribution in [3.63, 3.8) is 0 Å². The highest BCUT2D eigenvalue weighted by molar-refractivity contribution is 6.06. The summed E-state index contributed by atoms with van der Waals surface area (Å²) in [4.78, 5) is 19.8. The van der Waals surface area contributed by atoms with Crippen molar-refractivity contribution < 1.29 is 9.18 Å². The quantitative estimate of drug-likeness (QED) is 0.467. The number of fused-ring (bicyclic) bond motifs is 1. The van der Waals surface area contributed by atoms with E-state index in [1.807, 2.05) is 56.3 Å². The monoisotopic (exact) mass is 402 g/mol. The average molecular weight is 402 g/mol. The molecule has 0 saturated heterocycles. The van der Waals surface area contributed by atoms with Gasteiger partial charge in [-0.15, -0.1) is 0 Å². The Labute approximate surface area is 174 Å². The molecule has 2 aromatic carbocycles. The van der Waals surface area contributed by atoms with Gasteiger partial charge in [0.25, 0.3) is 5.91 Å². The van der Waals surface area contributed by atoms with Crippen LogP contribution in [0.1, 0.15) is 29.8 Å². The van der Waals surface area contributed by atoms with E-state index in [1.54, 1.807) is 21.8 Å². The molecular formula is C24H23FN4O. The summed E-state index contributed by atoms with van der Waals surface area (Å²) in [7, 11) is 0. The molecule has 5 nitrogen and oxygen atoms in total. The number of hydrogen-bond acceptors (Lipinski definition) is 3. The van der Waals surface area contributed by atoms with Crippen LogP contribution < -0.4 is 0 Å². The van der Waals surface area contributed by atoms with Crippen molar-refractivity contribution in [3.8, 4) is 11.3 Å². The maximum atomic E-state index is 13.6. The van der Waals surface area contributed by atoms with Crippen LogP contribution in [0.25, 0.3) is 22.3 Å². The molecule has 0 atom stereocenters. The van der Waals surface area contributed by atoms with Crippen molar-refractivity contribution in [1.82, 2.24) is 19.7 Å². The highest BCUT2D eigenvalue weighted by atomic mass is 19.1. The molecule has 0 radical (unpaired) electrons. The minimum atomic E-state index is -0.292. The zero-order chi connectivity index (χ0) is 21.1. The fourth-order valence-corrected chi connectivity index (χ4v) is 3.59. The van der Waals surface area contributed by atoms with Crippen LogP contribution in [-0.2, 0) is 6.54 Å². The van der Waals surface area contributed by atoms with Gasteiger partial charge in [0.1, 0.15) is 5.82 Å². The normalized spacial score (nSPS) is 11.0. The van der Waals surface area contributed by atoms with E-state index >= 15 is 0 Å². The van der Waals surface area contributed by atoms with Gasteiger partial charge in [-0.05, 0) is 37.6 Å². The first-order valence-electron chi connectivity index (χ1n) is 10.1. The van der Waals surface area contributed by atoms with Crippen LogP contribution in [0.4, 0.5) is 4.39 Å². The predicted molar refractivity (Wildman–Crippen MR) is 116 cm³/mol. The fraction of sp³-hybridized carbons (Fsp3) is 0.208. The number of aromatic nitrogens is 3. The van der Waals surface area contributed by atoms with Crippen LogP contribution in [-0.4, -0.2) is 38.7 Å². The Balaban J connectivity index is 1.87. The summed E-state index contributed by atoms with van der Waals surface area (Å²) >= 11 is 0. The average Bonchev–Trinajstić information content (AvgIpc) is 3.17. The molecule has 4 aromatic rings. The highest BCUT2D eigenvalue weighted by Gasteiger charge is 2.20. The van der Waals surface area contributed by atoms with E-state index in [0.717, 1.165) is 11.1 Å². The third kappa shape index (κ3) is 3.81. The first-order chi connectivity index (χ1) is 14.6. The Morgan fingerprint density at radius 1 is 1.03 bits per heavy atom. The lowest BCUT2D eigenvalue weighted by atomic mass is 10.1. The van der Waals surface area contributed by atoms with E-state index in [2.05, 4.69) is 5.10 Å². The maximum Gasteiger partial charge on any atom is 0.254 e. The molecule has 0 bridgehead atoms. The number of halogens is 1. The number of benzene rings is 2. The molecule has 0 saturated carbocycles. The van der Waals surface area contributed by atoms with Crippen LogP contribution in [0, 0.1) is 5.82 Å². The van der Waals surface area contributed by atoms with Crippen molar-refractivity contribution in [2.45, 2.75) is 20.4 Å². The number of nitrogens with zero attached hydrogens (tertiary/aromatic N) is 4. The second kappa shape index (κ2) is 8.45. The fourth-order valence-electron chi connectivity index (χ4n) is 3.59. The molecule has 6 heteroatoms. The van der Waals surface area contributed by atoms with Gasteiger partial charge in [0.15, 0.2) is 5.65 Å². The van der Waals surface area contributed by atoms with Crippen molar-refractivity contribution in [3.05, 3.63) is 83.8 Å². The van der Waals surface area contributed by atoms with Gasteiger partial charge in [0.05, 0.1) is 29.4 Å². The van der Waals surface area contributed by atoms with Gasteiger partial charge < -0.3 is 4.90 Å². The maximum absolute atomic E-state index is 13.6. The molecule has 0 fully saturated rings. The Kier molecular flexibility index (Phi) is 5.57. The summed E-state index contributed by atoms with van der Waals surface area (Å²) in [6.45, 7) is 5.54. The molecule has 2 aromatic heterocycles. The van der Waals surface area contributed by atoms with Crippen molar-refractivity contribution in [2.75, 3.05) is 13.1 Å². The van der Waals surface area contributed by atoms with Gasteiger partial charge >= 0.3 is 0 Å². The van der Waals surface area contributed by atoms with Gasteiger partial charge in [0, 0.05) is 18.7 Å². The molecule has 0 N–H and O–H groups in total. The smallest absolute Gasteiger partial charge is 0.254 e. The molecule has 0 aliphatic heterocycles. The van der Waals surface area contributed by atoms with Crippen LogP contribution >= 0.6 is 0 Å². The van der Waals surface area contributed by atoms with Gasteiger partial charge in [-0.2, -0.15) is 5.10 Å². The number of hydrogen-bond donors (Lipinski definition) is 0. The Morgan fingerprint density at radius 2 is 1.80 bits per heavy atom. The predicted octanol–water partition coefficient (Wildman–Crippen LogP) is 4.77. The topological polar surface area (TPSA) is 51.0 Å². The first-order valence-corrected chi connectivity index (χ1v) is 10.1. The number of rotatable bonds is 6. The lowest BCUT2D eigenvalue weighted by Gasteiger charge is -2.19. The number of carbonyl (C=O) groups excluding carboxylic acids is 1. The van der Waals surface area contributed by atoms with Crippen molar-refractivity contribution in [2.24, 2.45) is 0 Å². The lowest BCUT2D eigenvalue weighted by Crippen LogP contribution is -2.30. The summed E-state index contributed by atoms with van der Waals surface area (Å²) in [5.74, 6) is -0.339. The Bertz CT molecular complexity index is 1180. The van der Waals surface area contributed by atoms with E-state index in [9.17, 15) is 9.18 Å². The molecular weight excluding hydrogens is 379 g/mol. The van der Waals surface area contributed by atoms with E-state index in [4.69, 9.17) is 4.98 Å². The van der Waals surface area contributed by atoms with E-state index < -0.39 is 0 Å². The number of carbonyl (C=O) groups is 1. The summed E-state index contributed by atoms with van der Waals surface area (Å²) in [6.07, 6.45) is 1.67. The Hall–Kier alpha value is -3.54. The van der Waals surface area contributed by atoms with Crippen LogP contribution in [0.3, 0.4) is 0 Å². The molecule has 2 heterocycles. The van der Waals surface area contributed by atoms with Crippen molar-refractivity contribution >= 4 is 16.9 Å². The third-order valence-electron chi connectivity index (χ3n) is 5.18. The Morgan fingerprint density at radius 3 is 2.50 bits per heavy atom. The second-order valence-corrected chi connectivity index (χ2v) is 7.07. The molecule has 0 spiro atoms. The number of amides is 1. The summed E-state index contributed by atoms with van der Waals surface area (Å²) in [5, 5.41) is 5.17. The van der Waals surface area contributed by atoms with E-state index in [1.165, 1.54) is 12.1 Å². The molecule has 1 amide bonds. The number of pyridine rings is 1. The van der Waals surface area contributed by atoms with Crippen molar-refractivity contribution in [1.29, 1.82) is 0 Å². The molecule has 4 rings (SSSR count). The minimum absolute atomic E-state index is 0.0464. The highest BCUT2D eigenvalue weighted by Crippen LogP contribution is 2.26. The zero-order valence-electron chi connectivity index (χ0n) is 17.0. The van der Waals surface area contributed by atoms with Gasteiger partial charge in [-0.25, -0.2) is 14.1 Å². The minimum Gasteiger partial charge on any atom is -0.339 e. The van der Waals surface area contributed by atoms with Gasteiger partial charge in [0.2, 0.25) is 0 Å². The third-order valence-corrected chi connectivity index (χ3v) is 5.18. The molecule has 30 heavy (non-hydrogen) atoms. The molecule has 152 valence electrons. The van der Waals surface area contributed by atoms with Crippen LogP contribution in [0.15, 0.2) is 66.9 Å². The van der Waals surface area contributed by atoms with E-state index in [-0.39, 0.29) is 11.7 Å². The SMILES string of the molecule is CCN(CC)C(=O)c1cc(-c2ccccc2)nc2c1cnn2Cc1cccc(F)c1. The van der Waals surface area contributed by atoms with Gasteiger partial charge in [-0.3, -0.25) is 4.79 Å².